The molecule has 3 N–H and O–H groups in total. The van der Waals surface area contributed by atoms with Crippen LogP contribution in [0, 0.1) is 0 Å². The van der Waals surface area contributed by atoms with Gasteiger partial charge in [-0.15, -0.1) is 0 Å². The fourth-order valence-electron chi connectivity index (χ4n) is 1.54. The lowest BCUT2D eigenvalue weighted by Gasteiger charge is -2.27. The molecule has 0 aromatic heterocycles. The number of hydrogen-bond acceptors (Lipinski definition) is 3. The van der Waals surface area contributed by atoms with Gasteiger partial charge in [-0.05, 0) is 32.4 Å². The van der Waals surface area contributed by atoms with E-state index in [4.69, 9.17) is 16.3 Å². The summed E-state index contributed by atoms with van der Waals surface area (Å²) in [6, 6.07) is 4.60. The average Bonchev–Trinajstić information content (AvgIpc) is 2.42. The maximum absolute atomic E-state index is 12.0. The molecule has 0 radical (unpaired) electrons. The van der Waals surface area contributed by atoms with Crippen molar-refractivity contribution in [3.63, 3.8) is 0 Å². The third-order valence-electron chi connectivity index (χ3n) is 3.04. The zero-order valence-corrected chi connectivity index (χ0v) is 12.8. The summed E-state index contributed by atoms with van der Waals surface area (Å²) in [6.07, 6.45) is 0.621. The average molecular weight is 301 g/mol. The topological polar surface area (TPSA) is 70.6 Å². The van der Waals surface area contributed by atoms with Gasteiger partial charge in [-0.3, -0.25) is 0 Å². The van der Waals surface area contributed by atoms with Crippen LogP contribution in [0.5, 0.6) is 5.75 Å². The van der Waals surface area contributed by atoms with E-state index in [1.165, 1.54) is 0 Å². The first kappa shape index (κ1) is 16.6. The molecule has 0 bridgehead atoms. The van der Waals surface area contributed by atoms with E-state index in [0.717, 1.165) is 0 Å². The summed E-state index contributed by atoms with van der Waals surface area (Å²) in [5, 5.41) is 15.3. The number of rotatable bonds is 6. The molecule has 0 aliphatic rings. The van der Waals surface area contributed by atoms with Crippen LogP contribution >= 0.6 is 11.6 Å². The highest BCUT2D eigenvalue weighted by atomic mass is 35.5. The van der Waals surface area contributed by atoms with E-state index in [1.54, 1.807) is 25.1 Å². The second kappa shape index (κ2) is 7.36. The molecule has 0 saturated heterocycles. The highest BCUT2D eigenvalue weighted by molar-refractivity contribution is 6.30. The fourth-order valence-corrected chi connectivity index (χ4v) is 1.70. The predicted octanol–water partition coefficient (Wildman–Crippen LogP) is 3.02. The van der Waals surface area contributed by atoms with Gasteiger partial charge >= 0.3 is 6.03 Å². The Bertz CT molecular complexity index is 462. The standard InChI is InChI=1S/C14H21ClN2O3/c1-4-14(3,9-18)17-13(19)16-11-7-6-10(15)8-12(11)20-5-2/h6-8,18H,4-5,9H2,1-3H3,(H2,16,17,19). The minimum absolute atomic E-state index is 0.129. The Balaban J connectivity index is 2.80. The number of anilines is 1. The Hall–Kier alpha value is -1.46. The highest BCUT2D eigenvalue weighted by Crippen LogP contribution is 2.28. The maximum Gasteiger partial charge on any atom is 0.319 e. The largest absolute Gasteiger partial charge is 0.492 e. The minimum atomic E-state index is -0.651. The molecule has 2 amide bonds. The molecule has 0 saturated carbocycles. The Morgan fingerprint density at radius 3 is 2.70 bits per heavy atom. The van der Waals surface area contributed by atoms with Gasteiger partial charge < -0.3 is 20.5 Å². The number of urea groups is 1. The van der Waals surface area contributed by atoms with Gasteiger partial charge in [0.15, 0.2) is 0 Å². The molecule has 20 heavy (non-hydrogen) atoms. The number of ether oxygens (including phenoxy) is 1. The predicted molar refractivity (Wildman–Crippen MR) is 80.6 cm³/mol. The molecule has 0 aliphatic heterocycles. The molecule has 112 valence electrons. The molecule has 5 nitrogen and oxygen atoms in total. The van der Waals surface area contributed by atoms with Gasteiger partial charge in [0, 0.05) is 11.1 Å². The Morgan fingerprint density at radius 1 is 1.45 bits per heavy atom. The summed E-state index contributed by atoms with van der Waals surface area (Å²) >= 11 is 5.90. The molecule has 0 aliphatic carbocycles. The number of amides is 2. The van der Waals surface area contributed by atoms with E-state index < -0.39 is 11.6 Å². The molecule has 1 unspecified atom stereocenters. The van der Waals surface area contributed by atoms with Gasteiger partial charge in [0.05, 0.1) is 24.4 Å². The number of hydrogen-bond donors (Lipinski definition) is 3. The van der Waals surface area contributed by atoms with Crippen LogP contribution in [0.1, 0.15) is 27.2 Å². The number of benzene rings is 1. The van der Waals surface area contributed by atoms with Crippen molar-refractivity contribution in [3.05, 3.63) is 23.2 Å². The smallest absolute Gasteiger partial charge is 0.319 e. The van der Waals surface area contributed by atoms with Crippen LogP contribution < -0.4 is 15.4 Å². The van der Waals surface area contributed by atoms with E-state index >= 15 is 0 Å². The molecule has 6 heteroatoms. The molecular weight excluding hydrogens is 280 g/mol. The summed E-state index contributed by atoms with van der Waals surface area (Å²) in [4.78, 5) is 12.0. The number of nitrogens with one attached hydrogen (secondary N) is 2. The highest BCUT2D eigenvalue weighted by Gasteiger charge is 2.23. The Morgan fingerprint density at radius 2 is 2.15 bits per heavy atom. The van der Waals surface area contributed by atoms with Crippen LogP contribution in [-0.2, 0) is 0 Å². The number of halogens is 1. The van der Waals surface area contributed by atoms with Crippen molar-refractivity contribution in [2.75, 3.05) is 18.5 Å². The molecular formula is C14H21ClN2O3. The molecule has 0 heterocycles. The number of aliphatic hydroxyl groups is 1. The Labute approximate surface area is 124 Å². The summed E-state index contributed by atoms with van der Waals surface area (Å²) in [5.74, 6) is 0.511. The third kappa shape index (κ3) is 4.58. The summed E-state index contributed by atoms with van der Waals surface area (Å²) in [6.45, 7) is 5.86. The van der Waals surface area contributed by atoms with E-state index in [1.807, 2.05) is 13.8 Å². The van der Waals surface area contributed by atoms with Crippen molar-refractivity contribution in [1.29, 1.82) is 0 Å². The summed E-state index contributed by atoms with van der Waals surface area (Å²) in [5.41, 5.74) is -0.118. The van der Waals surface area contributed by atoms with E-state index in [-0.39, 0.29) is 6.61 Å². The number of carbonyl (C=O) groups excluding carboxylic acids is 1. The molecule has 1 aromatic carbocycles. The molecule has 0 fully saturated rings. The van der Waals surface area contributed by atoms with Crippen LogP contribution in [0.3, 0.4) is 0 Å². The van der Waals surface area contributed by atoms with Crippen LogP contribution in [0.2, 0.25) is 5.02 Å². The van der Waals surface area contributed by atoms with Crippen LogP contribution in [0.25, 0.3) is 0 Å². The zero-order chi connectivity index (χ0) is 15.2. The first-order valence-electron chi connectivity index (χ1n) is 6.56. The van der Waals surface area contributed by atoms with Gasteiger partial charge in [0.1, 0.15) is 5.75 Å². The second-order valence-corrected chi connectivity index (χ2v) is 5.16. The molecule has 1 aromatic rings. The molecule has 0 spiro atoms. The monoisotopic (exact) mass is 300 g/mol. The summed E-state index contributed by atoms with van der Waals surface area (Å²) in [7, 11) is 0. The first-order chi connectivity index (χ1) is 9.44. The SMILES string of the molecule is CCOc1cc(Cl)ccc1NC(=O)NC(C)(CC)CO. The quantitative estimate of drug-likeness (QED) is 0.756. The van der Waals surface area contributed by atoms with E-state index in [9.17, 15) is 9.90 Å². The van der Waals surface area contributed by atoms with Crippen molar-refractivity contribution in [2.45, 2.75) is 32.7 Å². The van der Waals surface area contributed by atoms with E-state index in [0.29, 0.717) is 29.5 Å². The number of carbonyl (C=O) groups is 1. The third-order valence-corrected chi connectivity index (χ3v) is 3.27. The normalized spacial score (nSPS) is 13.4. The second-order valence-electron chi connectivity index (χ2n) is 4.72. The van der Waals surface area contributed by atoms with E-state index in [2.05, 4.69) is 10.6 Å². The summed E-state index contributed by atoms with van der Waals surface area (Å²) < 4.78 is 5.43. The van der Waals surface area contributed by atoms with Crippen molar-refractivity contribution in [1.82, 2.24) is 5.32 Å². The van der Waals surface area contributed by atoms with Gasteiger partial charge in [-0.2, -0.15) is 0 Å². The van der Waals surface area contributed by atoms with Crippen molar-refractivity contribution in [3.8, 4) is 5.75 Å². The van der Waals surface area contributed by atoms with Crippen LogP contribution in [0.4, 0.5) is 10.5 Å². The number of aliphatic hydroxyl groups excluding tert-OH is 1. The van der Waals surface area contributed by atoms with Crippen LogP contribution in [0.15, 0.2) is 18.2 Å². The van der Waals surface area contributed by atoms with Crippen molar-refractivity contribution in [2.24, 2.45) is 0 Å². The Kier molecular flexibility index (Phi) is 6.10. The maximum atomic E-state index is 12.0. The lowest BCUT2D eigenvalue weighted by atomic mass is 10.0. The lowest BCUT2D eigenvalue weighted by molar-refractivity contribution is 0.172. The van der Waals surface area contributed by atoms with Gasteiger partial charge in [0.25, 0.3) is 0 Å². The van der Waals surface area contributed by atoms with Crippen molar-refractivity contribution < 1.29 is 14.6 Å². The zero-order valence-electron chi connectivity index (χ0n) is 12.0. The fraction of sp³-hybridized carbons (Fsp3) is 0.500. The van der Waals surface area contributed by atoms with Gasteiger partial charge in [-0.25, -0.2) is 4.79 Å². The lowest BCUT2D eigenvalue weighted by Crippen LogP contribution is -2.50. The first-order valence-corrected chi connectivity index (χ1v) is 6.94. The van der Waals surface area contributed by atoms with Crippen molar-refractivity contribution >= 4 is 23.3 Å². The molecule has 1 atom stereocenters. The van der Waals surface area contributed by atoms with Gasteiger partial charge in [-0.1, -0.05) is 18.5 Å². The van der Waals surface area contributed by atoms with Crippen LogP contribution in [-0.4, -0.2) is 29.9 Å². The minimum Gasteiger partial charge on any atom is -0.492 e. The van der Waals surface area contributed by atoms with Gasteiger partial charge in [0.2, 0.25) is 0 Å². The molecule has 1 rings (SSSR count).